The Labute approximate surface area is 126 Å². The first-order valence-electron chi connectivity index (χ1n) is 7.02. The largest absolute Gasteiger partial charge is 0.469 e. The molecule has 1 N–H and O–H groups in total. The highest BCUT2D eigenvalue weighted by Crippen LogP contribution is 2.24. The summed E-state index contributed by atoms with van der Waals surface area (Å²) in [5.41, 5.74) is 2.57. The summed E-state index contributed by atoms with van der Waals surface area (Å²) in [7, 11) is 1.43. The van der Waals surface area contributed by atoms with Crippen molar-refractivity contribution in [2.45, 2.75) is 38.6 Å². The second-order valence-corrected chi connectivity index (χ2v) is 6.45. The summed E-state index contributed by atoms with van der Waals surface area (Å²) >= 11 is 1.72. The number of carbonyl (C=O) groups excluding carboxylic acids is 1. The van der Waals surface area contributed by atoms with Gasteiger partial charge in [0.25, 0.3) is 0 Å². The van der Waals surface area contributed by atoms with Gasteiger partial charge in [0.2, 0.25) is 0 Å². The summed E-state index contributed by atoms with van der Waals surface area (Å²) in [6.07, 6.45) is 0.452. The summed E-state index contributed by atoms with van der Waals surface area (Å²) in [6, 6.07) is 6.48. The van der Waals surface area contributed by atoms with Gasteiger partial charge in [-0.2, -0.15) is 0 Å². The molecule has 3 nitrogen and oxygen atoms in total. The van der Waals surface area contributed by atoms with E-state index in [1.165, 1.54) is 23.1 Å². The molecule has 0 saturated heterocycles. The van der Waals surface area contributed by atoms with Gasteiger partial charge in [0.15, 0.2) is 0 Å². The van der Waals surface area contributed by atoms with E-state index in [0.29, 0.717) is 12.3 Å². The topological polar surface area (TPSA) is 38.3 Å². The standard InChI is InChI=1S/C16H25NO2S/c1-12(2)10-17-11-14-9-13(3)5-6-15(14)20-8-7-16(18)19-4/h5-6,9,12,17H,7-8,10-11H2,1-4H3. The molecule has 0 atom stereocenters. The Morgan fingerprint density at radius 2 is 2.15 bits per heavy atom. The molecule has 0 amide bonds. The van der Waals surface area contributed by atoms with Crippen molar-refractivity contribution in [2.24, 2.45) is 5.92 Å². The van der Waals surface area contributed by atoms with Crippen molar-refractivity contribution in [1.82, 2.24) is 5.32 Å². The number of ether oxygens (including phenoxy) is 1. The minimum atomic E-state index is -0.149. The van der Waals surface area contributed by atoms with Crippen LogP contribution in [0.1, 0.15) is 31.4 Å². The molecule has 0 radical (unpaired) electrons. The van der Waals surface area contributed by atoms with Crippen LogP contribution in [-0.2, 0) is 16.1 Å². The number of carbonyl (C=O) groups is 1. The van der Waals surface area contributed by atoms with Crippen LogP contribution in [0.2, 0.25) is 0 Å². The van der Waals surface area contributed by atoms with Crippen LogP contribution in [0.25, 0.3) is 0 Å². The maximum absolute atomic E-state index is 11.1. The minimum absolute atomic E-state index is 0.149. The molecule has 1 aromatic carbocycles. The van der Waals surface area contributed by atoms with Crippen LogP contribution in [0.5, 0.6) is 0 Å². The van der Waals surface area contributed by atoms with Gasteiger partial charge in [-0.3, -0.25) is 4.79 Å². The first-order chi connectivity index (χ1) is 9.52. The van der Waals surface area contributed by atoms with Gasteiger partial charge in [0, 0.05) is 17.2 Å². The predicted molar refractivity (Wildman–Crippen MR) is 85.1 cm³/mol. The molecule has 0 fully saturated rings. The SMILES string of the molecule is COC(=O)CCSc1ccc(C)cc1CNCC(C)C. The maximum Gasteiger partial charge on any atom is 0.306 e. The number of esters is 1. The summed E-state index contributed by atoms with van der Waals surface area (Å²) in [6.45, 7) is 8.40. The fourth-order valence-corrected chi connectivity index (χ4v) is 2.80. The third-order valence-electron chi connectivity index (χ3n) is 2.88. The molecule has 0 aliphatic carbocycles. The van der Waals surface area contributed by atoms with Gasteiger partial charge in [-0.05, 0) is 31.0 Å². The van der Waals surface area contributed by atoms with Crippen molar-refractivity contribution in [2.75, 3.05) is 19.4 Å². The highest BCUT2D eigenvalue weighted by molar-refractivity contribution is 7.99. The average molecular weight is 295 g/mol. The van der Waals surface area contributed by atoms with Crippen molar-refractivity contribution in [3.8, 4) is 0 Å². The molecule has 0 heterocycles. The molecular weight excluding hydrogens is 270 g/mol. The molecule has 1 aromatic rings. The van der Waals surface area contributed by atoms with E-state index < -0.39 is 0 Å². The lowest BCUT2D eigenvalue weighted by atomic mass is 10.1. The van der Waals surface area contributed by atoms with Crippen molar-refractivity contribution in [3.63, 3.8) is 0 Å². The van der Waals surface area contributed by atoms with E-state index in [1.54, 1.807) is 11.8 Å². The van der Waals surface area contributed by atoms with E-state index in [2.05, 4.69) is 49.0 Å². The third-order valence-corrected chi connectivity index (χ3v) is 3.99. The lowest BCUT2D eigenvalue weighted by Gasteiger charge is -2.12. The number of aryl methyl sites for hydroxylation is 1. The van der Waals surface area contributed by atoms with E-state index in [0.717, 1.165) is 18.8 Å². The van der Waals surface area contributed by atoms with Gasteiger partial charge in [-0.1, -0.05) is 31.5 Å². The molecule has 0 bridgehead atoms. The van der Waals surface area contributed by atoms with E-state index in [9.17, 15) is 4.79 Å². The number of benzene rings is 1. The summed E-state index contributed by atoms with van der Waals surface area (Å²) in [5, 5.41) is 3.47. The molecule has 0 unspecified atom stereocenters. The normalized spacial score (nSPS) is 10.8. The smallest absolute Gasteiger partial charge is 0.306 e. The van der Waals surface area contributed by atoms with Gasteiger partial charge >= 0.3 is 5.97 Å². The molecule has 4 heteroatoms. The molecule has 112 valence electrons. The second-order valence-electron chi connectivity index (χ2n) is 5.31. The van der Waals surface area contributed by atoms with Crippen LogP contribution < -0.4 is 5.32 Å². The molecule has 20 heavy (non-hydrogen) atoms. The Balaban J connectivity index is 2.57. The predicted octanol–water partition coefficient (Wildman–Crippen LogP) is 3.40. The third kappa shape index (κ3) is 6.44. The maximum atomic E-state index is 11.1. The van der Waals surface area contributed by atoms with Gasteiger partial charge in [-0.25, -0.2) is 0 Å². The van der Waals surface area contributed by atoms with Crippen LogP contribution in [-0.4, -0.2) is 25.4 Å². The van der Waals surface area contributed by atoms with E-state index in [-0.39, 0.29) is 5.97 Å². The Morgan fingerprint density at radius 3 is 2.80 bits per heavy atom. The zero-order chi connectivity index (χ0) is 15.0. The van der Waals surface area contributed by atoms with Crippen molar-refractivity contribution < 1.29 is 9.53 Å². The number of hydrogen-bond donors (Lipinski definition) is 1. The second kappa shape index (κ2) is 9.03. The minimum Gasteiger partial charge on any atom is -0.469 e. The molecule has 1 rings (SSSR count). The van der Waals surface area contributed by atoms with E-state index >= 15 is 0 Å². The molecule has 0 spiro atoms. The number of thioether (sulfide) groups is 1. The van der Waals surface area contributed by atoms with Crippen LogP contribution in [0.3, 0.4) is 0 Å². The monoisotopic (exact) mass is 295 g/mol. The molecule has 0 aliphatic rings. The van der Waals surface area contributed by atoms with Crippen molar-refractivity contribution in [3.05, 3.63) is 29.3 Å². The highest BCUT2D eigenvalue weighted by Gasteiger charge is 2.06. The van der Waals surface area contributed by atoms with E-state index in [4.69, 9.17) is 0 Å². The molecule has 0 aromatic heterocycles. The lowest BCUT2D eigenvalue weighted by Crippen LogP contribution is -2.19. The number of hydrogen-bond acceptors (Lipinski definition) is 4. The molecule has 0 saturated carbocycles. The Morgan fingerprint density at radius 1 is 1.40 bits per heavy atom. The van der Waals surface area contributed by atoms with Crippen molar-refractivity contribution in [1.29, 1.82) is 0 Å². The van der Waals surface area contributed by atoms with E-state index in [1.807, 2.05) is 0 Å². The average Bonchev–Trinajstić information content (AvgIpc) is 2.40. The first-order valence-corrected chi connectivity index (χ1v) is 8.01. The van der Waals surface area contributed by atoms with Crippen LogP contribution >= 0.6 is 11.8 Å². The molecular formula is C16H25NO2S. The highest BCUT2D eigenvalue weighted by atomic mass is 32.2. The first kappa shape index (κ1) is 17.1. The van der Waals surface area contributed by atoms with Crippen LogP contribution in [0.4, 0.5) is 0 Å². The van der Waals surface area contributed by atoms with Gasteiger partial charge in [0.05, 0.1) is 13.5 Å². The Hall–Kier alpha value is -1.00. The van der Waals surface area contributed by atoms with Gasteiger partial charge in [-0.15, -0.1) is 11.8 Å². The zero-order valence-electron chi connectivity index (χ0n) is 12.9. The van der Waals surface area contributed by atoms with Crippen LogP contribution in [0.15, 0.2) is 23.1 Å². The number of methoxy groups -OCH3 is 1. The van der Waals surface area contributed by atoms with Gasteiger partial charge in [0.1, 0.15) is 0 Å². The number of rotatable bonds is 8. The Kier molecular flexibility index (Phi) is 7.70. The number of nitrogens with one attached hydrogen (secondary N) is 1. The fourth-order valence-electron chi connectivity index (χ4n) is 1.83. The lowest BCUT2D eigenvalue weighted by molar-refractivity contribution is -0.140. The summed E-state index contributed by atoms with van der Waals surface area (Å²) < 4.78 is 4.66. The summed E-state index contributed by atoms with van der Waals surface area (Å²) in [5.74, 6) is 1.26. The summed E-state index contributed by atoms with van der Waals surface area (Å²) in [4.78, 5) is 12.4. The molecule has 0 aliphatic heterocycles. The van der Waals surface area contributed by atoms with Crippen molar-refractivity contribution >= 4 is 17.7 Å². The Bertz CT molecular complexity index is 432. The van der Waals surface area contributed by atoms with Gasteiger partial charge < -0.3 is 10.1 Å². The fraction of sp³-hybridized carbons (Fsp3) is 0.562. The zero-order valence-corrected chi connectivity index (χ0v) is 13.7. The quantitative estimate of drug-likeness (QED) is 0.589. The van der Waals surface area contributed by atoms with Crippen LogP contribution in [0, 0.1) is 12.8 Å².